The second kappa shape index (κ2) is 13.1. The number of rotatable bonds is 6. The molecule has 0 radical (unpaired) electrons. The van der Waals surface area contributed by atoms with E-state index in [1.165, 1.54) is 6.42 Å². The molecule has 0 aliphatic heterocycles. The minimum Gasteiger partial charge on any atom is -0.478 e. The zero-order chi connectivity index (χ0) is 26.8. The van der Waals surface area contributed by atoms with Gasteiger partial charge in [0.25, 0.3) is 0 Å². The van der Waals surface area contributed by atoms with Crippen LogP contribution in [0.3, 0.4) is 0 Å². The van der Waals surface area contributed by atoms with E-state index in [0.29, 0.717) is 17.2 Å². The van der Waals surface area contributed by atoms with Crippen molar-refractivity contribution in [1.82, 2.24) is 0 Å². The Bertz CT molecular complexity index is 978. The molecule has 0 amide bonds. The Labute approximate surface area is 212 Å². The molecule has 1 unspecified atom stereocenters. The van der Waals surface area contributed by atoms with Gasteiger partial charge < -0.3 is 14.6 Å². The van der Waals surface area contributed by atoms with Gasteiger partial charge in [0.1, 0.15) is 23.0 Å². The number of ether oxygens (including phenoxy) is 2. The van der Waals surface area contributed by atoms with Crippen LogP contribution in [0.2, 0.25) is 0 Å². The number of carbonyl (C=O) groups is 3. The number of benzene rings is 1. The van der Waals surface area contributed by atoms with Gasteiger partial charge in [0, 0.05) is 17.1 Å². The van der Waals surface area contributed by atoms with Crippen LogP contribution in [0.4, 0.5) is 0 Å². The Kier molecular flexibility index (Phi) is 11.3. The van der Waals surface area contributed by atoms with Crippen molar-refractivity contribution in [3.8, 4) is 11.2 Å². The first kappa shape index (κ1) is 30.0. The molecule has 0 saturated heterocycles. The second-order valence-corrected chi connectivity index (χ2v) is 10.3. The standard InChI is InChI=1S/C13H19NO2S.C11H12O2.C3H4O2/c1-12(2)9-4-5-13(12,3)10(6-9)16-11(15)7-17-8-14;1-8(2)11(12)13-10-6-4-9(3)5-7-10;1-2-3(4)5/h9-10H,4-7H2,1-3H3;4-7H,1H2,2-3H3;2H,1H2,(H,4,5)/t9-,10?,13-;;/m1../s1. The first-order valence-electron chi connectivity index (χ1n) is 11.3. The summed E-state index contributed by atoms with van der Waals surface area (Å²) < 4.78 is 10.6. The van der Waals surface area contributed by atoms with Crippen LogP contribution in [0, 0.1) is 34.3 Å². The highest BCUT2D eigenvalue weighted by Crippen LogP contribution is 2.66. The number of esters is 2. The van der Waals surface area contributed by atoms with E-state index in [1.807, 2.05) is 24.5 Å². The molecule has 35 heavy (non-hydrogen) atoms. The van der Waals surface area contributed by atoms with Crippen LogP contribution >= 0.6 is 11.8 Å². The Morgan fingerprint density at radius 3 is 2.23 bits per heavy atom. The number of thiocyanates is 1. The summed E-state index contributed by atoms with van der Waals surface area (Å²) in [6.45, 7) is 16.9. The first-order valence-corrected chi connectivity index (χ1v) is 12.3. The molecule has 1 aromatic carbocycles. The van der Waals surface area contributed by atoms with Crippen molar-refractivity contribution < 1.29 is 29.0 Å². The van der Waals surface area contributed by atoms with Crippen molar-refractivity contribution in [2.45, 2.75) is 60.0 Å². The Morgan fingerprint density at radius 2 is 1.83 bits per heavy atom. The topological polar surface area (TPSA) is 114 Å². The Morgan fingerprint density at radius 1 is 1.26 bits per heavy atom. The van der Waals surface area contributed by atoms with E-state index in [1.54, 1.807) is 19.1 Å². The number of fused-ring (bicyclic) bond motifs is 2. The van der Waals surface area contributed by atoms with Crippen LogP contribution in [-0.2, 0) is 19.1 Å². The fourth-order valence-corrected chi connectivity index (χ4v) is 4.64. The summed E-state index contributed by atoms with van der Waals surface area (Å²) in [5.41, 5.74) is 1.92. The summed E-state index contributed by atoms with van der Waals surface area (Å²) in [6, 6.07) is 7.30. The van der Waals surface area contributed by atoms with Crippen molar-refractivity contribution in [1.29, 1.82) is 5.26 Å². The van der Waals surface area contributed by atoms with Crippen LogP contribution in [0.15, 0.2) is 49.1 Å². The number of hydrogen-bond donors (Lipinski definition) is 1. The zero-order valence-corrected chi connectivity index (χ0v) is 21.9. The number of hydrogen-bond acceptors (Lipinski definition) is 7. The van der Waals surface area contributed by atoms with Crippen LogP contribution in [0.1, 0.15) is 52.5 Å². The van der Waals surface area contributed by atoms with Crippen molar-refractivity contribution in [2.24, 2.45) is 16.7 Å². The molecule has 2 fully saturated rings. The normalized spacial score (nSPS) is 22.7. The van der Waals surface area contributed by atoms with Gasteiger partial charge in [-0.15, -0.1) is 0 Å². The smallest absolute Gasteiger partial charge is 0.338 e. The molecule has 190 valence electrons. The minimum absolute atomic E-state index is 0.0445. The summed E-state index contributed by atoms with van der Waals surface area (Å²) in [7, 11) is 0. The van der Waals surface area contributed by atoms with E-state index in [9.17, 15) is 14.4 Å². The number of aliphatic carboxylic acids is 1. The first-order chi connectivity index (χ1) is 16.3. The van der Waals surface area contributed by atoms with Crippen LogP contribution in [-0.4, -0.2) is 34.9 Å². The van der Waals surface area contributed by atoms with Gasteiger partial charge in [-0.1, -0.05) is 51.6 Å². The molecule has 0 spiro atoms. The lowest BCUT2D eigenvalue weighted by Gasteiger charge is -2.38. The summed E-state index contributed by atoms with van der Waals surface area (Å²) >= 11 is 0.949. The molecule has 3 atom stereocenters. The molecule has 0 heterocycles. The molecule has 2 bridgehead atoms. The lowest BCUT2D eigenvalue weighted by Crippen LogP contribution is -2.38. The maximum atomic E-state index is 11.6. The largest absolute Gasteiger partial charge is 0.478 e. The highest BCUT2D eigenvalue weighted by Gasteiger charge is 2.62. The Hall–Kier alpha value is -3.05. The fraction of sp³-hybridized carbons (Fsp3) is 0.481. The number of nitrogens with zero attached hydrogens (tertiary/aromatic N) is 1. The quantitative estimate of drug-likeness (QED) is 0.229. The number of thioether (sulfide) groups is 1. The molecule has 0 aromatic heterocycles. The minimum atomic E-state index is -0.981. The molecular weight excluding hydrogens is 466 g/mol. The van der Waals surface area contributed by atoms with Crippen molar-refractivity contribution in [3.05, 3.63) is 54.6 Å². The van der Waals surface area contributed by atoms with Crippen LogP contribution < -0.4 is 4.74 Å². The van der Waals surface area contributed by atoms with E-state index >= 15 is 0 Å². The molecule has 2 aliphatic carbocycles. The number of carboxylic acids is 1. The Balaban J connectivity index is 0.000000302. The maximum Gasteiger partial charge on any atom is 0.338 e. The zero-order valence-electron chi connectivity index (χ0n) is 21.1. The number of carbonyl (C=O) groups excluding carboxylic acids is 2. The molecule has 1 N–H and O–H groups in total. The summed E-state index contributed by atoms with van der Waals surface area (Å²) in [6.07, 6.45) is 4.27. The number of carboxylic acid groups (broad SMARTS) is 1. The molecule has 7 nitrogen and oxygen atoms in total. The molecule has 1 aromatic rings. The molecule has 2 aliphatic rings. The van der Waals surface area contributed by atoms with E-state index in [4.69, 9.17) is 19.8 Å². The molecular formula is C27H35NO6S. The van der Waals surface area contributed by atoms with E-state index in [0.717, 1.165) is 36.2 Å². The average molecular weight is 502 g/mol. The second-order valence-electron chi connectivity index (χ2n) is 9.49. The fourth-order valence-electron chi connectivity index (χ4n) is 4.39. The van der Waals surface area contributed by atoms with Gasteiger partial charge in [0.2, 0.25) is 0 Å². The predicted octanol–water partition coefficient (Wildman–Crippen LogP) is 5.69. The van der Waals surface area contributed by atoms with Gasteiger partial charge in [-0.25, -0.2) is 9.59 Å². The highest BCUT2D eigenvalue weighted by atomic mass is 32.2. The lowest BCUT2D eigenvalue weighted by molar-refractivity contribution is -0.153. The van der Waals surface area contributed by atoms with Gasteiger partial charge in [-0.2, -0.15) is 5.26 Å². The van der Waals surface area contributed by atoms with Crippen molar-refractivity contribution in [3.63, 3.8) is 0 Å². The van der Waals surface area contributed by atoms with Crippen LogP contribution in [0.25, 0.3) is 0 Å². The maximum absolute atomic E-state index is 11.6. The third-order valence-electron chi connectivity index (χ3n) is 7.00. The van der Waals surface area contributed by atoms with Gasteiger partial charge in [0.15, 0.2) is 0 Å². The molecule has 2 saturated carbocycles. The lowest BCUT2D eigenvalue weighted by atomic mass is 9.70. The highest BCUT2D eigenvalue weighted by molar-refractivity contribution is 8.04. The summed E-state index contributed by atoms with van der Waals surface area (Å²) in [5, 5.41) is 17.9. The van der Waals surface area contributed by atoms with Gasteiger partial charge in [0.05, 0.1) is 0 Å². The van der Waals surface area contributed by atoms with E-state index < -0.39 is 5.97 Å². The van der Waals surface area contributed by atoms with Gasteiger partial charge in [-0.3, -0.25) is 4.79 Å². The number of aryl methyl sites for hydroxylation is 1. The third-order valence-corrected chi connectivity index (χ3v) is 7.51. The SMILES string of the molecule is C=C(C)C(=O)Oc1ccc(C)cc1.C=CC(=O)O.CC1(C)[C@@H]2CC[C@]1(C)C(OC(=O)CSC#N)C2. The average Bonchev–Trinajstić information content (AvgIpc) is 3.13. The van der Waals surface area contributed by atoms with E-state index in [-0.39, 0.29) is 34.6 Å². The van der Waals surface area contributed by atoms with Gasteiger partial charge >= 0.3 is 17.9 Å². The van der Waals surface area contributed by atoms with Crippen molar-refractivity contribution >= 4 is 29.7 Å². The molecule has 3 rings (SSSR count). The van der Waals surface area contributed by atoms with Crippen LogP contribution in [0.5, 0.6) is 5.75 Å². The van der Waals surface area contributed by atoms with Crippen molar-refractivity contribution in [2.75, 3.05) is 5.75 Å². The van der Waals surface area contributed by atoms with E-state index in [2.05, 4.69) is 33.9 Å². The summed E-state index contributed by atoms with van der Waals surface area (Å²) in [5.74, 6) is -0.235. The van der Waals surface area contributed by atoms with Gasteiger partial charge in [-0.05, 0) is 68.3 Å². The summed E-state index contributed by atoms with van der Waals surface area (Å²) in [4.78, 5) is 31.9. The third kappa shape index (κ3) is 8.29. The predicted molar refractivity (Wildman–Crippen MR) is 137 cm³/mol. The number of nitriles is 1. The monoisotopic (exact) mass is 501 g/mol. The molecule has 8 heteroatoms.